The van der Waals surface area contributed by atoms with E-state index in [1.165, 1.54) is 0 Å². The Labute approximate surface area is 160 Å². The van der Waals surface area contributed by atoms with E-state index < -0.39 is 0 Å². The first-order valence-electron chi connectivity index (χ1n) is 9.39. The maximum Gasteiger partial charge on any atom is 0.227 e. The number of anilines is 2. The zero-order valence-corrected chi connectivity index (χ0v) is 16.5. The molecule has 1 aliphatic rings. The van der Waals surface area contributed by atoms with Crippen LogP contribution in [0.25, 0.3) is 0 Å². The van der Waals surface area contributed by atoms with Gasteiger partial charge in [-0.05, 0) is 30.7 Å². The van der Waals surface area contributed by atoms with Gasteiger partial charge >= 0.3 is 0 Å². The van der Waals surface area contributed by atoms with Crippen LogP contribution in [0.3, 0.4) is 0 Å². The van der Waals surface area contributed by atoms with Crippen LogP contribution in [0.5, 0.6) is 0 Å². The number of ether oxygens (including phenoxy) is 1. The lowest BCUT2D eigenvalue weighted by molar-refractivity contribution is -0.116. The quantitative estimate of drug-likeness (QED) is 0.869. The number of hydrogen-bond donors (Lipinski definition) is 1. The van der Waals surface area contributed by atoms with Crippen molar-refractivity contribution in [2.75, 3.05) is 36.5 Å². The fourth-order valence-corrected chi connectivity index (χ4v) is 2.90. The fourth-order valence-electron chi connectivity index (χ4n) is 2.90. The lowest BCUT2D eigenvalue weighted by Crippen LogP contribution is -2.36. The number of amides is 1. The van der Waals surface area contributed by atoms with Gasteiger partial charge in [0, 0.05) is 42.7 Å². The molecule has 2 aromatic rings. The van der Waals surface area contributed by atoms with Crippen molar-refractivity contribution in [1.29, 1.82) is 0 Å². The second-order valence-electron chi connectivity index (χ2n) is 7.91. The van der Waals surface area contributed by atoms with Gasteiger partial charge in [0.1, 0.15) is 0 Å². The zero-order valence-electron chi connectivity index (χ0n) is 16.5. The molecule has 1 aliphatic heterocycles. The van der Waals surface area contributed by atoms with Gasteiger partial charge in [0.25, 0.3) is 0 Å². The standard InChI is InChI=1S/C20H28N4O3/c1-14-13-15(24-9-11-26-12-10-24)5-6-16(14)21-17(25)7-8-18-22-19(23-27-18)20(2,3)4/h5-6,13H,7-12H2,1-4H3,(H,21,25). The van der Waals surface area contributed by atoms with E-state index in [-0.39, 0.29) is 11.3 Å². The van der Waals surface area contributed by atoms with Gasteiger partial charge in [-0.15, -0.1) is 0 Å². The third-order valence-electron chi connectivity index (χ3n) is 4.57. The summed E-state index contributed by atoms with van der Waals surface area (Å²) in [4.78, 5) is 19.0. The zero-order chi connectivity index (χ0) is 19.4. The molecule has 0 spiro atoms. The second-order valence-corrected chi connectivity index (χ2v) is 7.91. The van der Waals surface area contributed by atoms with E-state index in [4.69, 9.17) is 9.26 Å². The van der Waals surface area contributed by atoms with E-state index in [9.17, 15) is 4.79 Å². The summed E-state index contributed by atoms with van der Waals surface area (Å²) < 4.78 is 10.6. The smallest absolute Gasteiger partial charge is 0.227 e. The number of nitrogens with zero attached hydrogens (tertiary/aromatic N) is 3. The van der Waals surface area contributed by atoms with Gasteiger partial charge in [0.05, 0.1) is 13.2 Å². The van der Waals surface area contributed by atoms with Crippen LogP contribution < -0.4 is 10.2 Å². The molecule has 1 saturated heterocycles. The predicted octanol–water partition coefficient (Wildman–Crippen LogP) is 3.08. The highest BCUT2D eigenvalue weighted by atomic mass is 16.5. The highest BCUT2D eigenvalue weighted by Gasteiger charge is 2.21. The topological polar surface area (TPSA) is 80.5 Å². The Balaban J connectivity index is 1.55. The van der Waals surface area contributed by atoms with Gasteiger partial charge in [0.15, 0.2) is 5.82 Å². The number of carbonyl (C=O) groups excluding carboxylic acids is 1. The van der Waals surface area contributed by atoms with Crippen molar-refractivity contribution < 1.29 is 14.1 Å². The predicted molar refractivity (Wildman–Crippen MR) is 104 cm³/mol. The van der Waals surface area contributed by atoms with E-state index >= 15 is 0 Å². The fraction of sp³-hybridized carbons (Fsp3) is 0.550. The number of aromatic nitrogens is 2. The Morgan fingerprint density at radius 3 is 2.63 bits per heavy atom. The second kappa shape index (κ2) is 8.08. The van der Waals surface area contributed by atoms with Crippen LogP contribution in [0, 0.1) is 6.92 Å². The van der Waals surface area contributed by atoms with Crippen molar-refractivity contribution in [1.82, 2.24) is 10.1 Å². The Morgan fingerprint density at radius 1 is 1.26 bits per heavy atom. The van der Waals surface area contributed by atoms with E-state index in [2.05, 4.69) is 26.4 Å². The lowest BCUT2D eigenvalue weighted by atomic mass is 9.96. The van der Waals surface area contributed by atoms with Crippen LogP contribution in [0.1, 0.15) is 44.5 Å². The van der Waals surface area contributed by atoms with Crippen LogP contribution in [0.4, 0.5) is 11.4 Å². The summed E-state index contributed by atoms with van der Waals surface area (Å²) in [6.45, 7) is 11.4. The molecule has 1 fully saturated rings. The third kappa shape index (κ3) is 5.07. The SMILES string of the molecule is Cc1cc(N2CCOCC2)ccc1NC(=O)CCc1nc(C(C)(C)C)no1. The summed E-state index contributed by atoms with van der Waals surface area (Å²) in [5, 5.41) is 6.96. The molecule has 146 valence electrons. The monoisotopic (exact) mass is 372 g/mol. The normalized spacial score (nSPS) is 15.0. The number of hydrogen-bond acceptors (Lipinski definition) is 6. The summed E-state index contributed by atoms with van der Waals surface area (Å²) in [5.41, 5.74) is 2.87. The summed E-state index contributed by atoms with van der Waals surface area (Å²) in [7, 11) is 0. The molecule has 0 unspecified atom stereocenters. The molecule has 1 aromatic carbocycles. The minimum Gasteiger partial charge on any atom is -0.378 e. The Kier molecular flexibility index (Phi) is 5.79. The first kappa shape index (κ1) is 19.4. The summed E-state index contributed by atoms with van der Waals surface area (Å²) in [6.07, 6.45) is 0.732. The van der Waals surface area contributed by atoms with Gasteiger partial charge in [-0.3, -0.25) is 4.79 Å². The number of morpholine rings is 1. The molecule has 3 rings (SSSR count). The number of rotatable bonds is 5. The number of nitrogens with one attached hydrogen (secondary N) is 1. The summed E-state index contributed by atoms with van der Waals surface area (Å²) in [5.74, 6) is 1.09. The van der Waals surface area contributed by atoms with Crippen molar-refractivity contribution in [3.8, 4) is 0 Å². The van der Waals surface area contributed by atoms with E-state index in [0.29, 0.717) is 24.6 Å². The van der Waals surface area contributed by atoms with Crippen LogP contribution in [-0.4, -0.2) is 42.4 Å². The molecule has 1 N–H and O–H groups in total. The minimum atomic E-state index is -0.163. The molecule has 1 amide bonds. The number of aryl methyl sites for hydroxylation is 2. The Hall–Kier alpha value is -2.41. The molecule has 7 nitrogen and oxygen atoms in total. The minimum absolute atomic E-state index is 0.0623. The molecule has 0 saturated carbocycles. The van der Waals surface area contributed by atoms with Crippen molar-refractivity contribution >= 4 is 17.3 Å². The maximum atomic E-state index is 12.3. The third-order valence-corrected chi connectivity index (χ3v) is 4.57. The molecule has 0 bridgehead atoms. The first-order valence-corrected chi connectivity index (χ1v) is 9.39. The molecular weight excluding hydrogens is 344 g/mol. The van der Waals surface area contributed by atoms with Crippen molar-refractivity contribution in [2.45, 2.75) is 46.0 Å². The van der Waals surface area contributed by atoms with Gasteiger partial charge < -0.3 is 19.5 Å². The molecular formula is C20H28N4O3. The van der Waals surface area contributed by atoms with Crippen molar-refractivity contribution in [3.05, 3.63) is 35.5 Å². The molecule has 0 aliphatic carbocycles. The molecule has 0 atom stereocenters. The van der Waals surface area contributed by atoms with Crippen LogP contribution in [0.2, 0.25) is 0 Å². The van der Waals surface area contributed by atoms with Gasteiger partial charge in [-0.2, -0.15) is 4.98 Å². The van der Waals surface area contributed by atoms with Crippen LogP contribution in [0.15, 0.2) is 22.7 Å². The maximum absolute atomic E-state index is 12.3. The highest BCUT2D eigenvalue weighted by Crippen LogP contribution is 2.24. The number of benzene rings is 1. The van der Waals surface area contributed by atoms with E-state index in [1.54, 1.807) is 0 Å². The van der Waals surface area contributed by atoms with Crippen LogP contribution >= 0.6 is 0 Å². The lowest BCUT2D eigenvalue weighted by Gasteiger charge is -2.29. The van der Waals surface area contributed by atoms with Gasteiger partial charge in [-0.1, -0.05) is 25.9 Å². The largest absolute Gasteiger partial charge is 0.378 e. The average molecular weight is 372 g/mol. The first-order chi connectivity index (χ1) is 12.8. The molecule has 1 aromatic heterocycles. The average Bonchev–Trinajstić information content (AvgIpc) is 3.12. The Bertz CT molecular complexity index is 789. The Morgan fingerprint density at radius 2 is 2.00 bits per heavy atom. The van der Waals surface area contributed by atoms with Crippen molar-refractivity contribution in [3.63, 3.8) is 0 Å². The number of carbonyl (C=O) groups is 1. The molecule has 2 heterocycles. The van der Waals surface area contributed by atoms with E-state index in [0.717, 1.165) is 43.2 Å². The summed E-state index contributed by atoms with van der Waals surface area (Å²) in [6, 6.07) is 6.11. The van der Waals surface area contributed by atoms with Gasteiger partial charge in [0.2, 0.25) is 11.8 Å². The highest BCUT2D eigenvalue weighted by molar-refractivity contribution is 5.91. The van der Waals surface area contributed by atoms with Gasteiger partial charge in [-0.25, -0.2) is 0 Å². The molecule has 0 radical (unpaired) electrons. The van der Waals surface area contributed by atoms with E-state index in [1.807, 2.05) is 39.8 Å². The van der Waals surface area contributed by atoms with Crippen LogP contribution in [-0.2, 0) is 21.4 Å². The van der Waals surface area contributed by atoms with Crippen molar-refractivity contribution in [2.24, 2.45) is 0 Å². The molecule has 7 heteroatoms. The summed E-state index contributed by atoms with van der Waals surface area (Å²) >= 11 is 0. The molecule has 27 heavy (non-hydrogen) atoms.